The largest absolute Gasteiger partial charge is 0.493 e. The van der Waals surface area contributed by atoms with Gasteiger partial charge in [0, 0.05) is 5.56 Å². The van der Waals surface area contributed by atoms with Crippen LogP contribution in [0.4, 0.5) is 0 Å². The summed E-state index contributed by atoms with van der Waals surface area (Å²) in [5.74, 6) is 0.828. The minimum atomic E-state index is -0.384. The highest BCUT2D eigenvalue weighted by Crippen LogP contribution is 2.32. The highest BCUT2D eigenvalue weighted by Gasteiger charge is 2.13. The molecule has 0 spiro atoms. The van der Waals surface area contributed by atoms with Crippen molar-refractivity contribution < 1.29 is 14.3 Å². The van der Waals surface area contributed by atoms with Crippen LogP contribution < -0.4 is 14.9 Å². The Bertz CT molecular complexity index is 1200. The molecule has 1 amide bonds. The number of hydrogen-bond acceptors (Lipinski definition) is 5. The van der Waals surface area contributed by atoms with Crippen LogP contribution in [0.5, 0.6) is 11.5 Å². The van der Waals surface area contributed by atoms with E-state index in [0.717, 1.165) is 16.7 Å². The monoisotopic (exact) mass is 426 g/mol. The summed E-state index contributed by atoms with van der Waals surface area (Å²) in [6.45, 7) is 0.437. The zero-order valence-corrected chi connectivity index (χ0v) is 17.5. The molecule has 0 unspecified atom stereocenters. The molecular weight excluding hydrogens is 404 g/mol. The zero-order valence-electron chi connectivity index (χ0n) is 17.5. The second-order valence-corrected chi connectivity index (χ2v) is 6.92. The second-order valence-electron chi connectivity index (χ2n) is 6.92. The van der Waals surface area contributed by atoms with E-state index in [1.807, 2.05) is 78.9 Å². The van der Waals surface area contributed by atoms with E-state index in [2.05, 4.69) is 20.7 Å². The first-order valence-corrected chi connectivity index (χ1v) is 10.0. The SMILES string of the molecule is COc1cc(-c2cc(C(=O)N/N=C/c3ccccc3)[nH]n2)ccc1OCc1ccccc1. The molecule has 7 nitrogen and oxygen atoms in total. The Morgan fingerprint density at radius 1 is 1.00 bits per heavy atom. The summed E-state index contributed by atoms with van der Waals surface area (Å²) in [5.41, 5.74) is 6.14. The molecule has 1 heterocycles. The standard InChI is InChI=1S/C25H22N4O3/c1-31-24-14-20(12-13-23(24)32-17-19-10-6-3-7-11-19)21-15-22(28-27-21)25(30)29-26-16-18-8-4-2-5-9-18/h2-16H,17H2,1H3,(H,27,28)(H,29,30)/b26-16+. The van der Waals surface area contributed by atoms with Crippen LogP contribution in [0.15, 0.2) is 90.0 Å². The van der Waals surface area contributed by atoms with E-state index in [4.69, 9.17) is 9.47 Å². The molecule has 1 aromatic heterocycles. The molecular formula is C25H22N4O3. The number of carbonyl (C=O) groups is 1. The highest BCUT2D eigenvalue weighted by molar-refractivity contribution is 5.94. The summed E-state index contributed by atoms with van der Waals surface area (Å²) >= 11 is 0. The maximum absolute atomic E-state index is 12.3. The van der Waals surface area contributed by atoms with E-state index < -0.39 is 0 Å². The number of carbonyl (C=O) groups excluding carboxylic acids is 1. The summed E-state index contributed by atoms with van der Waals surface area (Å²) in [5, 5.41) is 11.0. The Balaban J connectivity index is 1.42. The highest BCUT2D eigenvalue weighted by atomic mass is 16.5. The Morgan fingerprint density at radius 3 is 2.50 bits per heavy atom. The van der Waals surface area contributed by atoms with Gasteiger partial charge in [-0.15, -0.1) is 0 Å². The number of nitrogens with one attached hydrogen (secondary N) is 2. The lowest BCUT2D eigenvalue weighted by Gasteiger charge is -2.11. The summed E-state index contributed by atoms with van der Waals surface area (Å²) in [6.07, 6.45) is 1.58. The lowest BCUT2D eigenvalue weighted by atomic mass is 10.1. The van der Waals surface area contributed by atoms with Gasteiger partial charge >= 0.3 is 0 Å². The van der Waals surface area contributed by atoms with Crippen LogP contribution in [-0.4, -0.2) is 29.4 Å². The number of aromatic amines is 1. The second kappa shape index (κ2) is 10.1. The molecule has 2 N–H and O–H groups in total. The van der Waals surface area contributed by atoms with Crippen LogP contribution in [0.25, 0.3) is 11.3 Å². The third-order valence-electron chi connectivity index (χ3n) is 4.70. The number of hydrazone groups is 1. The topological polar surface area (TPSA) is 88.6 Å². The van der Waals surface area contributed by atoms with Gasteiger partial charge in [-0.3, -0.25) is 9.89 Å². The third kappa shape index (κ3) is 5.20. The predicted molar refractivity (Wildman–Crippen MR) is 123 cm³/mol. The average Bonchev–Trinajstić information content (AvgIpc) is 3.34. The van der Waals surface area contributed by atoms with Crippen molar-refractivity contribution >= 4 is 12.1 Å². The first kappa shape index (κ1) is 20.9. The van der Waals surface area contributed by atoms with Gasteiger partial charge in [-0.25, -0.2) is 5.43 Å². The molecule has 0 atom stereocenters. The van der Waals surface area contributed by atoms with Gasteiger partial charge in [0.2, 0.25) is 0 Å². The maximum atomic E-state index is 12.3. The Morgan fingerprint density at radius 2 is 1.75 bits per heavy atom. The molecule has 0 fully saturated rings. The van der Waals surface area contributed by atoms with Crippen LogP contribution in [0.2, 0.25) is 0 Å². The van der Waals surface area contributed by atoms with Gasteiger partial charge in [-0.05, 0) is 35.4 Å². The number of rotatable bonds is 8. The fraction of sp³-hybridized carbons (Fsp3) is 0.0800. The fourth-order valence-electron chi connectivity index (χ4n) is 3.03. The average molecular weight is 426 g/mol. The first-order valence-electron chi connectivity index (χ1n) is 10.0. The molecule has 32 heavy (non-hydrogen) atoms. The van der Waals surface area contributed by atoms with E-state index in [9.17, 15) is 4.79 Å². The first-order chi connectivity index (χ1) is 15.7. The van der Waals surface area contributed by atoms with Crippen molar-refractivity contribution in [1.82, 2.24) is 15.6 Å². The molecule has 4 rings (SSSR count). The van der Waals surface area contributed by atoms with E-state index in [1.165, 1.54) is 0 Å². The number of H-pyrrole nitrogens is 1. The number of benzene rings is 3. The molecule has 160 valence electrons. The van der Waals surface area contributed by atoms with Gasteiger partial charge < -0.3 is 9.47 Å². The van der Waals surface area contributed by atoms with Crippen LogP contribution in [0, 0.1) is 0 Å². The molecule has 0 aliphatic heterocycles. The molecule has 0 bridgehead atoms. The van der Waals surface area contributed by atoms with E-state index in [1.54, 1.807) is 19.4 Å². The summed E-state index contributed by atoms with van der Waals surface area (Å²) < 4.78 is 11.4. The van der Waals surface area contributed by atoms with Crippen molar-refractivity contribution in [2.75, 3.05) is 7.11 Å². The number of amides is 1. The third-order valence-corrected chi connectivity index (χ3v) is 4.70. The quantitative estimate of drug-likeness (QED) is 0.322. The minimum Gasteiger partial charge on any atom is -0.493 e. The van der Waals surface area contributed by atoms with Crippen LogP contribution >= 0.6 is 0 Å². The Hall–Kier alpha value is -4.39. The van der Waals surface area contributed by atoms with Gasteiger partial charge in [0.15, 0.2) is 11.5 Å². The van der Waals surface area contributed by atoms with Crippen molar-refractivity contribution in [3.63, 3.8) is 0 Å². The lowest BCUT2D eigenvalue weighted by molar-refractivity contribution is 0.0950. The van der Waals surface area contributed by atoms with Crippen molar-refractivity contribution in [2.24, 2.45) is 5.10 Å². The van der Waals surface area contributed by atoms with Crippen LogP contribution in [0.3, 0.4) is 0 Å². The molecule has 0 aliphatic carbocycles. The van der Waals surface area contributed by atoms with Gasteiger partial charge in [0.25, 0.3) is 5.91 Å². The number of hydrogen-bond donors (Lipinski definition) is 2. The summed E-state index contributed by atoms with van der Waals surface area (Å²) in [7, 11) is 1.59. The van der Waals surface area contributed by atoms with Gasteiger partial charge in [0.1, 0.15) is 12.3 Å². The zero-order chi connectivity index (χ0) is 22.2. The normalized spacial score (nSPS) is 10.8. The van der Waals surface area contributed by atoms with Crippen molar-refractivity contribution in [3.8, 4) is 22.8 Å². The summed E-state index contributed by atoms with van der Waals surface area (Å²) in [4.78, 5) is 12.3. The molecule has 0 saturated heterocycles. The van der Waals surface area contributed by atoms with Gasteiger partial charge in [0.05, 0.1) is 19.0 Å². The van der Waals surface area contributed by atoms with Crippen LogP contribution in [0.1, 0.15) is 21.6 Å². The van der Waals surface area contributed by atoms with E-state index in [0.29, 0.717) is 29.5 Å². The van der Waals surface area contributed by atoms with E-state index >= 15 is 0 Å². The molecule has 7 heteroatoms. The van der Waals surface area contributed by atoms with Crippen molar-refractivity contribution in [1.29, 1.82) is 0 Å². The Kier molecular flexibility index (Phi) is 6.57. The molecule has 4 aromatic rings. The van der Waals surface area contributed by atoms with Gasteiger partial charge in [-0.2, -0.15) is 10.2 Å². The minimum absolute atomic E-state index is 0.300. The molecule has 0 saturated carbocycles. The van der Waals surface area contributed by atoms with Crippen LogP contribution in [-0.2, 0) is 6.61 Å². The van der Waals surface area contributed by atoms with E-state index in [-0.39, 0.29) is 5.91 Å². The summed E-state index contributed by atoms with van der Waals surface area (Å²) in [6, 6.07) is 26.6. The Labute approximate surface area is 185 Å². The number of nitrogens with zero attached hydrogens (tertiary/aromatic N) is 2. The number of ether oxygens (including phenoxy) is 2. The molecule has 0 radical (unpaired) electrons. The number of aromatic nitrogens is 2. The molecule has 3 aromatic carbocycles. The van der Waals surface area contributed by atoms with Crippen molar-refractivity contribution in [2.45, 2.75) is 6.61 Å². The smallest absolute Gasteiger partial charge is 0.289 e. The van der Waals surface area contributed by atoms with Crippen molar-refractivity contribution in [3.05, 3.63) is 102 Å². The lowest BCUT2D eigenvalue weighted by Crippen LogP contribution is -2.17. The predicted octanol–water partition coefficient (Wildman–Crippen LogP) is 4.43. The van der Waals surface area contributed by atoms with Gasteiger partial charge in [-0.1, -0.05) is 60.7 Å². The maximum Gasteiger partial charge on any atom is 0.289 e. The molecule has 0 aliphatic rings. The fourth-order valence-corrected chi connectivity index (χ4v) is 3.03. The number of methoxy groups -OCH3 is 1.